The first-order valence-corrected chi connectivity index (χ1v) is 10.9. The van der Waals surface area contributed by atoms with Gasteiger partial charge in [0.15, 0.2) is 0 Å². The lowest BCUT2D eigenvalue weighted by molar-refractivity contribution is -0.149. The summed E-state index contributed by atoms with van der Waals surface area (Å²) in [6, 6.07) is 1.77. The molecule has 1 aromatic heterocycles. The number of likely N-dealkylation sites (tertiary alicyclic amines) is 1. The molecule has 8 nitrogen and oxygen atoms in total. The van der Waals surface area contributed by atoms with Crippen molar-refractivity contribution >= 4 is 11.8 Å². The third-order valence-corrected chi connectivity index (χ3v) is 6.34. The van der Waals surface area contributed by atoms with Crippen molar-refractivity contribution in [3.05, 3.63) is 17.5 Å². The highest BCUT2D eigenvalue weighted by atomic mass is 16.5. The van der Waals surface area contributed by atoms with Crippen LogP contribution in [0.25, 0.3) is 0 Å². The average molecular weight is 404 g/mol. The molecule has 1 unspecified atom stereocenters. The molecule has 1 aliphatic carbocycles. The van der Waals surface area contributed by atoms with E-state index in [0.29, 0.717) is 24.7 Å². The van der Waals surface area contributed by atoms with E-state index in [-0.39, 0.29) is 24.5 Å². The van der Waals surface area contributed by atoms with Crippen molar-refractivity contribution in [2.24, 2.45) is 18.9 Å². The number of hydrogen-bond acceptors (Lipinski definition) is 5. The predicted octanol–water partition coefficient (Wildman–Crippen LogP) is 0.808. The third-order valence-electron chi connectivity index (χ3n) is 6.34. The predicted molar refractivity (Wildman–Crippen MR) is 108 cm³/mol. The van der Waals surface area contributed by atoms with Gasteiger partial charge in [-0.2, -0.15) is 5.10 Å². The Hall–Kier alpha value is -1.93. The molecule has 4 rings (SSSR count). The van der Waals surface area contributed by atoms with Gasteiger partial charge in [0.05, 0.1) is 11.8 Å². The summed E-state index contributed by atoms with van der Waals surface area (Å²) in [4.78, 5) is 29.2. The summed E-state index contributed by atoms with van der Waals surface area (Å²) in [5.74, 6) is 1.41. The average Bonchev–Trinajstić information content (AvgIpc) is 3.45. The van der Waals surface area contributed by atoms with Gasteiger partial charge in [-0.15, -0.1) is 0 Å². The summed E-state index contributed by atoms with van der Waals surface area (Å²) in [5, 5.41) is 7.13. The number of carbonyl (C=O) groups is 2. The van der Waals surface area contributed by atoms with Crippen molar-refractivity contribution < 1.29 is 14.3 Å². The number of amides is 2. The number of morpholine rings is 1. The van der Waals surface area contributed by atoms with Gasteiger partial charge in [-0.1, -0.05) is 0 Å². The summed E-state index contributed by atoms with van der Waals surface area (Å²) in [6.07, 6.45) is 4.97. The van der Waals surface area contributed by atoms with E-state index in [1.165, 1.54) is 32.2 Å². The van der Waals surface area contributed by atoms with E-state index < -0.39 is 0 Å². The fourth-order valence-corrected chi connectivity index (χ4v) is 4.43. The van der Waals surface area contributed by atoms with Crippen LogP contribution in [0.15, 0.2) is 6.07 Å². The summed E-state index contributed by atoms with van der Waals surface area (Å²) in [5.41, 5.74) is 1.34. The highest BCUT2D eigenvalue weighted by Gasteiger charge is 2.31. The molecule has 2 saturated heterocycles. The molecule has 3 heterocycles. The standard InChI is InChI=1S/C21H33N5O3/c1-15-9-19(24(2)23-15)21(28)22-10-18-13-26(20(27)14-29-18)12-17-5-7-25(8-6-17)11-16-3-4-16/h9,16-18H,3-8,10-14H2,1-2H3,(H,22,28). The van der Waals surface area contributed by atoms with Gasteiger partial charge in [-0.25, -0.2) is 0 Å². The molecule has 1 saturated carbocycles. The molecule has 160 valence electrons. The van der Waals surface area contributed by atoms with Crippen LogP contribution in [0.4, 0.5) is 0 Å². The summed E-state index contributed by atoms with van der Waals surface area (Å²) >= 11 is 0. The lowest BCUT2D eigenvalue weighted by atomic mass is 9.95. The highest BCUT2D eigenvalue weighted by Crippen LogP contribution is 2.31. The van der Waals surface area contributed by atoms with Gasteiger partial charge in [0.25, 0.3) is 5.91 Å². The van der Waals surface area contributed by atoms with Crippen LogP contribution in [0.3, 0.4) is 0 Å². The zero-order chi connectivity index (χ0) is 20.4. The van der Waals surface area contributed by atoms with Gasteiger partial charge in [0.2, 0.25) is 5.91 Å². The first-order chi connectivity index (χ1) is 14.0. The summed E-state index contributed by atoms with van der Waals surface area (Å²) in [6.45, 7) is 7.30. The number of nitrogens with one attached hydrogen (secondary N) is 1. The van der Waals surface area contributed by atoms with Gasteiger partial charge in [-0.3, -0.25) is 14.3 Å². The number of aryl methyl sites for hydroxylation is 2. The second-order valence-corrected chi connectivity index (χ2v) is 8.92. The largest absolute Gasteiger partial charge is 0.365 e. The van der Waals surface area contributed by atoms with E-state index in [0.717, 1.165) is 31.2 Å². The Bertz CT molecular complexity index is 737. The topological polar surface area (TPSA) is 79.7 Å². The molecular weight excluding hydrogens is 370 g/mol. The van der Waals surface area contributed by atoms with Gasteiger partial charge < -0.3 is 19.9 Å². The van der Waals surface area contributed by atoms with Crippen LogP contribution >= 0.6 is 0 Å². The molecule has 3 aliphatic rings. The number of ether oxygens (including phenoxy) is 1. The quantitative estimate of drug-likeness (QED) is 0.729. The SMILES string of the molecule is Cc1cc(C(=O)NCC2CN(CC3CCN(CC4CC4)CC3)C(=O)CO2)n(C)n1. The molecule has 1 N–H and O–H groups in total. The lowest BCUT2D eigenvalue weighted by Crippen LogP contribution is -2.52. The Labute approximate surface area is 172 Å². The van der Waals surface area contributed by atoms with Crippen molar-refractivity contribution in [3.63, 3.8) is 0 Å². The van der Waals surface area contributed by atoms with Crippen LogP contribution in [-0.2, 0) is 16.6 Å². The van der Waals surface area contributed by atoms with Crippen molar-refractivity contribution in [2.45, 2.75) is 38.7 Å². The number of carbonyl (C=O) groups excluding carboxylic acids is 2. The van der Waals surface area contributed by atoms with Gasteiger partial charge in [0, 0.05) is 33.2 Å². The Balaban J connectivity index is 1.22. The zero-order valence-corrected chi connectivity index (χ0v) is 17.6. The maximum absolute atomic E-state index is 12.4. The van der Waals surface area contributed by atoms with Crippen LogP contribution in [0, 0.1) is 18.8 Å². The Morgan fingerprint density at radius 2 is 1.93 bits per heavy atom. The van der Waals surface area contributed by atoms with E-state index in [4.69, 9.17) is 4.74 Å². The molecule has 0 aromatic carbocycles. The van der Waals surface area contributed by atoms with Crippen LogP contribution in [0.5, 0.6) is 0 Å². The minimum atomic E-state index is -0.166. The third kappa shape index (κ3) is 5.36. The summed E-state index contributed by atoms with van der Waals surface area (Å²) in [7, 11) is 1.76. The Kier molecular flexibility index (Phi) is 6.20. The van der Waals surface area contributed by atoms with Crippen LogP contribution in [0.1, 0.15) is 41.9 Å². The van der Waals surface area contributed by atoms with Crippen molar-refractivity contribution in [1.29, 1.82) is 0 Å². The molecule has 0 radical (unpaired) electrons. The van der Waals surface area contributed by atoms with Gasteiger partial charge >= 0.3 is 0 Å². The van der Waals surface area contributed by atoms with Crippen LogP contribution < -0.4 is 5.32 Å². The van der Waals surface area contributed by atoms with E-state index >= 15 is 0 Å². The maximum Gasteiger partial charge on any atom is 0.269 e. The number of hydrogen-bond donors (Lipinski definition) is 1. The minimum absolute atomic E-state index is 0.0650. The first-order valence-electron chi connectivity index (χ1n) is 10.9. The number of piperidine rings is 1. The number of nitrogens with zero attached hydrogens (tertiary/aromatic N) is 4. The summed E-state index contributed by atoms with van der Waals surface area (Å²) < 4.78 is 7.24. The monoisotopic (exact) mass is 403 g/mol. The normalized spacial score (nSPS) is 24.1. The molecule has 8 heteroatoms. The highest BCUT2D eigenvalue weighted by molar-refractivity contribution is 5.92. The first kappa shape index (κ1) is 20.3. The minimum Gasteiger partial charge on any atom is -0.365 e. The molecule has 1 aromatic rings. The second kappa shape index (κ2) is 8.83. The van der Waals surface area contributed by atoms with Crippen molar-refractivity contribution in [1.82, 2.24) is 24.9 Å². The number of aromatic nitrogens is 2. The molecule has 29 heavy (non-hydrogen) atoms. The van der Waals surface area contributed by atoms with Crippen molar-refractivity contribution in [3.8, 4) is 0 Å². The fraction of sp³-hybridized carbons (Fsp3) is 0.762. The van der Waals surface area contributed by atoms with Gasteiger partial charge in [0.1, 0.15) is 12.3 Å². The van der Waals surface area contributed by atoms with E-state index in [9.17, 15) is 9.59 Å². The molecule has 1 atom stereocenters. The second-order valence-electron chi connectivity index (χ2n) is 8.92. The maximum atomic E-state index is 12.4. The molecule has 0 bridgehead atoms. The lowest BCUT2D eigenvalue weighted by Gasteiger charge is -2.38. The van der Waals surface area contributed by atoms with Crippen LogP contribution in [-0.4, -0.2) is 83.4 Å². The smallest absolute Gasteiger partial charge is 0.269 e. The molecule has 3 fully saturated rings. The van der Waals surface area contributed by atoms with Gasteiger partial charge in [-0.05, 0) is 63.6 Å². The van der Waals surface area contributed by atoms with E-state index in [2.05, 4.69) is 15.3 Å². The molecular formula is C21H33N5O3. The van der Waals surface area contributed by atoms with Crippen LogP contribution in [0.2, 0.25) is 0 Å². The molecule has 2 aliphatic heterocycles. The van der Waals surface area contributed by atoms with E-state index in [1.54, 1.807) is 17.8 Å². The zero-order valence-electron chi connectivity index (χ0n) is 17.6. The van der Waals surface area contributed by atoms with Crippen molar-refractivity contribution in [2.75, 3.05) is 45.9 Å². The van der Waals surface area contributed by atoms with E-state index in [1.807, 2.05) is 11.8 Å². The Morgan fingerprint density at radius 3 is 2.59 bits per heavy atom. The molecule has 2 amide bonds. The molecule has 0 spiro atoms. The Morgan fingerprint density at radius 1 is 1.21 bits per heavy atom. The fourth-order valence-electron chi connectivity index (χ4n) is 4.43. The number of rotatable bonds is 7.